The highest BCUT2D eigenvalue weighted by Gasteiger charge is 2.32. The highest BCUT2D eigenvalue weighted by atomic mass is 19.4. The SMILES string of the molecule is COc1ccc(NC(=O)c2cccc(C(F)(F)F)c2)cc1N(C(=O)O)C(C)(C)C. The number of ether oxygens (including phenoxy) is 1. The van der Waals surface area contributed by atoms with Crippen molar-refractivity contribution < 1.29 is 32.6 Å². The quantitative estimate of drug-likeness (QED) is 0.722. The van der Waals surface area contributed by atoms with Gasteiger partial charge in [-0.15, -0.1) is 0 Å². The van der Waals surface area contributed by atoms with Gasteiger partial charge in [0.1, 0.15) is 5.75 Å². The third kappa shape index (κ3) is 5.18. The summed E-state index contributed by atoms with van der Waals surface area (Å²) in [4.78, 5) is 25.3. The van der Waals surface area contributed by atoms with Crippen molar-refractivity contribution in [3.8, 4) is 5.75 Å². The fraction of sp³-hybridized carbons (Fsp3) is 0.300. The van der Waals surface area contributed by atoms with Gasteiger partial charge in [0.2, 0.25) is 0 Å². The summed E-state index contributed by atoms with van der Waals surface area (Å²) in [6, 6.07) is 8.35. The van der Waals surface area contributed by atoms with Gasteiger partial charge in [-0.3, -0.25) is 9.69 Å². The number of methoxy groups -OCH3 is 1. The van der Waals surface area contributed by atoms with Crippen LogP contribution < -0.4 is 15.0 Å². The molecule has 0 saturated heterocycles. The summed E-state index contributed by atoms with van der Waals surface area (Å²) in [7, 11) is 1.38. The van der Waals surface area contributed by atoms with Gasteiger partial charge >= 0.3 is 12.3 Å². The van der Waals surface area contributed by atoms with Crippen molar-refractivity contribution in [3.05, 3.63) is 53.6 Å². The van der Waals surface area contributed by atoms with Crippen molar-refractivity contribution in [2.24, 2.45) is 0 Å². The van der Waals surface area contributed by atoms with Crippen molar-refractivity contribution in [2.75, 3.05) is 17.3 Å². The Balaban J connectivity index is 2.40. The van der Waals surface area contributed by atoms with Crippen molar-refractivity contribution in [3.63, 3.8) is 0 Å². The summed E-state index contributed by atoms with van der Waals surface area (Å²) in [5, 5.41) is 12.1. The molecule has 2 amide bonds. The van der Waals surface area contributed by atoms with Crippen LogP contribution in [0.25, 0.3) is 0 Å². The second kappa shape index (κ2) is 8.02. The van der Waals surface area contributed by atoms with Gasteiger partial charge in [0.05, 0.1) is 18.4 Å². The topological polar surface area (TPSA) is 78.9 Å². The average molecular weight is 410 g/mol. The average Bonchev–Trinajstić information content (AvgIpc) is 2.60. The minimum absolute atomic E-state index is 0.178. The lowest BCUT2D eigenvalue weighted by molar-refractivity contribution is -0.137. The third-order valence-corrected chi connectivity index (χ3v) is 3.99. The number of benzene rings is 2. The number of nitrogens with zero attached hydrogens (tertiary/aromatic N) is 1. The fourth-order valence-corrected chi connectivity index (χ4v) is 2.73. The Morgan fingerprint density at radius 3 is 2.24 bits per heavy atom. The minimum Gasteiger partial charge on any atom is -0.495 e. The van der Waals surface area contributed by atoms with Crippen LogP contribution in [0.5, 0.6) is 5.75 Å². The second-order valence-corrected chi connectivity index (χ2v) is 7.21. The van der Waals surface area contributed by atoms with Gasteiger partial charge in [-0.25, -0.2) is 4.79 Å². The molecule has 0 bridgehead atoms. The van der Waals surface area contributed by atoms with E-state index < -0.39 is 29.3 Å². The van der Waals surface area contributed by atoms with Gasteiger partial charge < -0.3 is 15.2 Å². The van der Waals surface area contributed by atoms with E-state index in [1.54, 1.807) is 20.8 Å². The molecule has 2 aromatic carbocycles. The molecule has 29 heavy (non-hydrogen) atoms. The number of carbonyl (C=O) groups is 2. The van der Waals surface area contributed by atoms with Gasteiger partial charge in [0, 0.05) is 16.8 Å². The molecule has 0 fully saturated rings. The van der Waals surface area contributed by atoms with E-state index in [2.05, 4.69) is 5.32 Å². The number of rotatable bonds is 4. The molecule has 0 spiro atoms. The van der Waals surface area contributed by atoms with E-state index >= 15 is 0 Å². The lowest BCUT2D eigenvalue weighted by atomic mass is 10.0. The molecule has 0 aliphatic heterocycles. The third-order valence-electron chi connectivity index (χ3n) is 3.99. The first kappa shape index (κ1) is 22.1. The number of hydrogen-bond acceptors (Lipinski definition) is 3. The molecule has 2 rings (SSSR count). The number of amides is 2. The number of carbonyl (C=O) groups excluding carboxylic acids is 1. The fourth-order valence-electron chi connectivity index (χ4n) is 2.73. The number of carboxylic acid groups (broad SMARTS) is 1. The molecular weight excluding hydrogens is 389 g/mol. The molecular formula is C20H21F3N2O4. The Morgan fingerprint density at radius 1 is 1.07 bits per heavy atom. The number of nitrogens with one attached hydrogen (secondary N) is 1. The highest BCUT2D eigenvalue weighted by Crippen LogP contribution is 2.36. The second-order valence-electron chi connectivity index (χ2n) is 7.21. The molecule has 0 aromatic heterocycles. The molecule has 156 valence electrons. The molecule has 2 N–H and O–H groups in total. The smallest absolute Gasteiger partial charge is 0.416 e. The molecule has 0 radical (unpaired) electrons. The van der Waals surface area contributed by atoms with E-state index in [9.17, 15) is 27.9 Å². The number of anilines is 2. The molecule has 0 heterocycles. The van der Waals surface area contributed by atoms with Crippen molar-refractivity contribution >= 4 is 23.4 Å². The first-order valence-corrected chi connectivity index (χ1v) is 8.54. The molecule has 9 heteroatoms. The van der Waals surface area contributed by atoms with E-state index in [1.807, 2.05) is 0 Å². The molecule has 0 saturated carbocycles. The van der Waals surface area contributed by atoms with Gasteiger partial charge in [0.25, 0.3) is 5.91 Å². The molecule has 0 aliphatic carbocycles. The zero-order chi connectivity index (χ0) is 22.0. The van der Waals surface area contributed by atoms with Gasteiger partial charge in [-0.1, -0.05) is 6.07 Å². The van der Waals surface area contributed by atoms with Crippen LogP contribution in [0, 0.1) is 0 Å². The van der Waals surface area contributed by atoms with Crippen molar-refractivity contribution in [2.45, 2.75) is 32.5 Å². The van der Waals surface area contributed by atoms with Crippen LogP contribution in [0.1, 0.15) is 36.7 Å². The van der Waals surface area contributed by atoms with E-state index in [4.69, 9.17) is 4.74 Å². The van der Waals surface area contributed by atoms with Crippen LogP contribution in [0.15, 0.2) is 42.5 Å². The van der Waals surface area contributed by atoms with Crippen LogP contribution in [-0.4, -0.2) is 29.8 Å². The molecule has 0 unspecified atom stereocenters. The van der Waals surface area contributed by atoms with Gasteiger partial charge in [0.15, 0.2) is 0 Å². The number of halogens is 3. The standard InChI is InChI=1S/C20H21F3N2O4/c1-19(2,3)25(18(27)28)15-11-14(8-9-16(15)29-4)24-17(26)12-6-5-7-13(10-12)20(21,22)23/h5-11H,1-4H3,(H,24,26)(H,27,28). The van der Waals surface area contributed by atoms with Gasteiger partial charge in [-0.2, -0.15) is 13.2 Å². The normalized spacial score (nSPS) is 11.7. The Labute approximate surface area is 165 Å². The van der Waals surface area contributed by atoms with Crippen molar-refractivity contribution in [1.82, 2.24) is 0 Å². The van der Waals surface area contributed by atoms with E-state index in [1.165, 1.54) is 31.4 Å². The van der Waals surface area contributed by atoms with Crippen molar-refractivity contribution in [1.29, 1.82) is 0 Å². The van der Waals surface area contributed by atoms with Crippen LogP contribution in [0.4, 0.5) is 29.3 Å². The van der Waals surface area contributed by atoms with Crippen LogP contribution >= 0.6 is 0 Å². The van der Waals surface area contributed by atoms with Crippen LogP contribution in [0.2, 0.25) is 0 Å². The zero-order valence-corrected chi connectivity index (χ0v) is 16.3. The lowest BCUT2D eigenvalue weighted by Crippen LogP contribution is -2.45. The van der Waals surface area contributed by atoms with E-state index in [0.717, 1.165) is 23.1 Å². The van der Waals surface area contributed by atoms with E-state index in [-0.39, 0.29) is 22.7 Å². The summed E-state index contributed by atoms with van der Waals surface area (Å²) < 4.78 is 43.8. The van der Waals surface area contributed by atoms with Gasteiger partial charge in [-0.05, 0) is 57.2 Å². The van der Waals surface area contributed by atoms with Crippen LogP contribution in [0.3, 0.4) is 0 Å². The zero-order valence-electron chi connectivity index (χ0n) is 16.3. The molecule has 2 aromatic rings. The molecule has 0 aliphatic rings. The predicted octanol–water partition coefficient (Wildman–Crippen LogP) is 5.25. The Kier molecular flexibility index (Phi) is 6.10. The largest absolute Gasteiger partial charge is 0.495 e. The maximum absolute atomic E-state index is 12.9. The van der Waals surface area contributed by atoms with E-state index in [0.29, 0.717) is 0 Å². The Morgan fingerprint density at radius 2 is 1.72 bits per heavy atom. The molecule has 6 nitrogen and oxygen atoms in total. The summed E-state index contributed by atoms with van der Waals surface area (Å²) in [5.74, 6) is -0.496. The maximum atomic E-state index is 12.9. The predicted molar refractivity (Wildman–Crippen MR) is 103 cm³/mol. The molecule has 0 atom stereocenters. The first-order chi connectivity index (χ1) is 13.3. The summed E-state index contributed by atoms with van der Waals surface area (Å²) in [5.41, 5.74) is -1.54. The lowest BCUT2D eigenvalue weighted by Gasteiger charge is -2.34. The number of hydrogen-bond donors (Lipinski definition) is 2. The summed E-state index contributed by atoms with van der Waals surface area (Å²) in [6.07, 6.45) is -5.80. The highest BCUT2D eigenvalue weighted by molar-refractivity contribution is 6.05. The minimum atomic E-state index is -4.57. The Bertz CT molecular complexity index is 921. The monoisotopic (exact) mass is 410 g/mol. The first-order valence-electron chi connectivity index (χ1n) is 8.54. The van der Waals surface area contributed by atoms with Crippen LogP contribution in [-0.2, 0) is 6.18 Å². The maximum Gasteiger partial charge on any atom is 0.416 e. The summed E-state index contributed by atoms with van der Waals surface area (Å²) >= 11 is 0. The number of alkyl halides is 3. The summed E-state index contributed by atoms with van der Waals surface area (Å²) in [6.45, 7) is 5.07. The Hall–Kier alpha value is -3.23.